The second-order valence-corrected chi connectivity index (χ2v) is 7.47. The van der Waals surface area contributed by atoms with Gasteiger partial charge in [0.05, 0.1) is 38.6 Å². The fourth-order valence-corrected chi connectivity index (χ4v) is 4.32. The van der Waals surface area contributed by atoms with Crippen LogP contribution in [0.1, 0.15) is 35.4 Å². The zero-order valence-electron chi connectivity index (χ0n) is 17.7. The van der Waals surface area contributed by atoms with Crippen molar-refractivity contribution in [2.75, 3.05) is 21.3 Å². The fraction of sp³-hybridized carbons (Fsp3) is 0.240. The van der Waals surface area contributed by atoms with Crippen LogP contribution in [0.4, 0.5) is 0 Å². The van der Waals surface area contributed by atoms with Crippen molar-refractivity contribution in [2.24, 2.45) is 5.10 Å². The van der Waals surface area contributed by atoms with Gasteiger partial charge in [0.2, 0.25) is 6.23 Å². The summed E-state index contributed by atoms with van der Waals surface area (Å²) in [5.74, 6) is 2.99. The highest BCUT2D eigenvalue weighted by molar-refractivity contribution is 6.02. The standard InChI is InChI=1S/C25H24N2O4/c1-28-17-9-6-8-16(14-17)20-15-21-18-10-4-5-12-22(18)31-25(27(21)26-20)19-11-7-13-23(29-2)24(19)30-3/h4-14,21,25H,15H2,1-3H3/t21-,25+/m1/s1. The normalized spacial score (nSPS) is 19.1. The summed E-state index contributed by atoms with van der Waals surface area (Å²) >= 11 is 0. The van der Waals surface area contributed by atoms with Gasteiger partial charge in [0.25, 0.3) is 0 Å². The second-order valence-electron chi connectivity index (χ2n) is 7.47. The van der Waals surface area contributed by atoms with E-state index in [1.165, 1.54) is 0 Å². The molecule has 0 amide bonds. The van der Waals surface area contributed by atoms with Gasteiger partial charge in [-0.3, -0.25) is 0 Å². The van der Waals surface area contributed by atoms with Crippen molar-refractivity contribution in [2.45, 2.75) is 18.7 Å². The number of methoxy groups -OCH3 is 3. The summed E-state index contributed by atoms with van der Waals surface area (Å²) in [7, 11) is 4.95. The van der Waals surface area contributed by atoms with Gasteiger partial charge in [0, 0.05) is 17.5 Å². The van der Waals surface area contributed by atoms with Crippen molar-refractivity contribution < 1.29 is 18.9 Å². The Hall–Kier alpha value is -3.67. The number of rotatable bonds is 5. The molecule has 0 aromatic heterocycles. The lowest BCUT2D eigenvalue weighted by molar-refractivity contribution is -0.0205. The molecule has 2 heterocycles. The number of hydrazone groups is 1. The second kappa shape index (κ2) is 7.87. The molecule has 0 aliphatic carbocycles. The fourth-order valence-electron chi connectivity index (χ4n) is 4.32. The Morgan fingerprint density at radius 3 is 2.48 bits per heavy atom. The summed E-state index contributed by atoms with van der Waals surface area (Å²) in [5, 5.41) is 7.05. The van der Waals surface area contributed by atoms with Crippen LogP contribution in [0.15, 0.2) is 71.8 Å². The average Bonchev–Trinajstić information content (AvgIpc) is 3.29. The first kappa shape index (κ1) is 19.3. The van der Waals surface area contributed by atoms with Crippen LogP contribution in [0.2, 0.25) is 0 Å². The number of ether oxygens (including phenoxy) is 4. The zero-order valence-corrected chi connectivity index (χ0v) is 17.7. The van der Waals surface area contributed by atoms with Crippen LogP contribution in [0.25, 0.3) is 0 Å². The maximum absolute atomic E-state index is 6.46. The van der Waals surface area contributed by atoms with Gasteiger partial charge >= 0.3 is 0 Å². The van der Waals surface area contributed by atoms with E-state index in [1.54, 1.807) is 21.3 Å². The number of fused-ring (bicyclic) bond motifs is 3. The predicted octanol–water partition coefficient (Wildman–Crippen LogP) is 4.95. The molecular formula is C25H24N2O4. The van der Waals surface area contributed by atoms with Gasteiger partial charge < -0.3 is 18.9 Å². The van der Waals surface area contributed by atoms with Crippen LogP contribution in [0, 0.1) is 0 Å². The first-order valence-corrected chi connectivity index (χ1v) is 10.2. The van der Waals surface area contributed by atoms with Gasteiger partial charge in [-0.1, -0.05) is 36.4 Å². The summed E-state index contributed by atoms with van der Waals surface area (Å²) < 4.78 is 23.1. The van der Waals surface area contributed by atoms with Crippen LogP contribution in [0.5, 0.6) is 23.0 Å². The van der Waals surface area contributed by atoms with Gasteiger partial charge in [-0.25, -0.2) is 5.01 Å². The number of hydrogen-bond acceptors (Lipinski definition) is 6. The molecule has 0 N–H and O–H groups in total. The lowest BCUT2D eigenvalue weighted by Crippen LogP contribution is -2.34. The highest BCUT2D eigenvalue weighted by atomic mass is 16.5. The molecule has 2 atom stereocenters. The number of benzene rings is 3. The molecule has 2 aliphatic rings. The molecule has 158 valence electrons. The molecule has 0 spiro atoms. The summed E-state index contributed by atoms with van der Waals surface area (Å²) in [6.45, 7) is 0. The lowest BCUT2D eigenvalue weighted by Gasteiger charge is -2.38. The van der Waals surface area contributed by atoms with Crippen LogP contribution in [-0.2, 0) is 0 Å². The van der Waals surface area contributed by atoms with Crippen LogP contribution >= 0.6 is 0 Å². The molecule has 3 aromatic carbocycles. The Kier molecular flexibility index (Phi) is 4.90. The average molecular weight is 416 g/mol. The smallest absolute Gasteiger partial charge is 0.217 e. The molecule has 0 saturated heterocycles. The molecule has 2 aliphatic heterocycles. The maximum Gasteiger partial charge on any atom is 0.217 e. The quantitative estimate of drug-likeness (QED) is 0.589. The van der Waals surface area contributed by atoms with Crippen LogP contribution < -0.4 is 18.9 Å². The molecule has 0 saturated carbocycles. The summed E-state index contributed by atoms with van der Waals surface area (Å²) in [6.07, 6.45) is 0.337. The van der Waals surface area contributed by atoms with Gasteiger partial charge in [0.1, 0.15) is 11.5 Å². The lowest BCUT2D eigenvalue weighted by atomic mass is 9.95. The molecule has 0 fully saturated rings. The highest BCUT2D eigenvalue weighted by Gasteiger charge is 2.42. The topological polar surface area (TPSA) is 52.5 Å². The molecular weight excluding hydrogens is 392 g/mol. The van der Waals surface area contributed by atoms with Crippen molar-refractivity contribution in [1.29, 1.82) is 0 Å². The number of hydrogen-bond donors (Lipinski definition) is 0. The first-order chi connectivity index (χ1) is 15.2. The van der Waals surface area contributed by atoms with Crippen LogP contribution in [-0.4, -0.2) is 32.0 Å². The minimum atomic E-state index is -0.437. The molecule has 0 unspecified atom stereocenters. The van der Waals surface area contributed by atoms with E-state index >= 15 is 0 Å². The molecule has 3 aromatic rings. The SMILES string of the molecule is COc1cccc(C2=NN3[C@H](C2)c2ccccc2O[C@H]3c2cccc(OC)c2OC)c1. The maximum atomic E-state index is 6.46. The van der Waals surface area contributed by atoms with Gasteiger partial charge in [0.15, 0.2) is 11.5 Å². The molecule has 6 heteroatoms. The largest absolute Gasteiger partial charge is 0.497 e. The van der Waals surface area contributed by atoms with E-state index in [9.17, 15) is 0 Å². The Balaban J connectivity index is 1.62. The van der Waals surface area contributed by atoms with Crippen molar-refractivity contribution in [1.82, 2.24) is 5.01 Å². The Morgan fingerprint density at radius 1 is 0.871 bits per heavy atom. The molecule has 5 rings (SSSR count). The Bertz CT molecular complexity index is 1140. The van der Waals surface area contributed by atoms with Crippen molar-refractivity contribution in [3.8, 4) is 23.0 Å². The first-order valence-electron chi connectivity index (χ1n) is 10.2. The van der Waals surface area contributed by atoms with Gasteiger partial charge in [-0.2, -0.15) is 5.10 Å². The third kappa shape index (κ3) is 3.24. The molecule has 6 nitrogen and oxygen atoms in total. The van der Waals surface area contributed by atoms with Crippen molar-refractivity contribution in [3.05, 3.63) is 83.4 Å². The third-order valence-corrected chi connectivity index (χ3v) is 5.80. The third-order valence-electron chi connectivity index (χ3n) is 5.80. The van der Waals surface area contributed by atoms with Gasteiger partial charge in [-0.15, -0.1) is 0 Å². The zero-order chi connectivity index (χ0) is 21.4. The van der Waals surface area contributed by atoms with E-state index in [2.05, 4.69) is 12.1 Å². The predicted molar refractivity (Wildman–Crippen MR) is 118 cm³/mol. The van der Waals surface area contributed by atoms with E-state index in [0.29, 0.717) is 11.5 Å². The van der Waals surface area contributed by atoms with Crippen molar-refractivity contribution in [3.63, 3.8) is 0 Å². The summed E-state index contributed by atoms with van der Waals surface area (Å²) in [5.41, 5.74) is 4.04. The molecule has 0 bridgehead atoms. The van der Waals surface area contributed by atoms with E-state index in [4.69, 9.17) is 24.0 Å². The van der Waals surface area contributed by atoms with Crippen LogP contribution in [0.3, 0.4) is 0 Å². The molecule has 0 radical (unpaired) electrons. The molecule has 31 heavy (non-hydrogen) atoms. The van der Waals surface area contributed by atoms with E-state index in [1.807, 2.05) is 59.6 Å². The Morgan fingerprint density at radius 2 is 1.68 bits per heavy atom. The summed E-state index contributed by atoms with van der Waals surface area (Å²) in [4.78, 5) is 0. The van der Waals surface area contributed by atoms with E-state index in [0.717, 1.165) is 40.3 Å². The number of nitrogens with zero attached hydrogens (tertiary/aromatic N) is 2. The number of para-hydroxylation sites is 2. The van der Waals surface area contributed by atoms with Gasteiger partial charge in [-0.05, 0) is 30.3 Å². The summed E-state index contributed by atoms with van der Waals surface area (Å²) in [6, 6.07) is 22.0. The van der Waals surface area contributed by atoms with E-state index in [-0.39, 0.29) is 6.04 Å². The monoisotopic (exact) mass is 416 g/mol. The Labute approximate surface area is 181 Å². The van der Waals surface area contributed by atoms with E-state index < -0.39 is 6.23 Å². The van der Waals surface area contributed by atoms with Crippen molar-refractivity contribution >= 4 is 5.71 Å². The highest BCUT2D eigenvalue weighted by Crippen LogP contribution is 2.50. The minimum Gasteiger partial charge on any atom is -0.497 e. The minimum absolute atomic E-state index is 0.0621.